The predicted molar refractivity (Wildman–Crippen MR) is 88.7 cm³/mol. The van der Waals surface area contributed by atoms with E-state index in [1.807, 2.05) is 18.3 Å². The predicted octanol–water partition coefficient (Wildman–Crippen LogP) is 3.89. The molecule has 0 unspecified atom stereocenters. The van der Waals surface area contributed by atoms with Crippen LogP contribution in [-0.2, 0) is 11.2 Å². The lowest BCUT2D eigenvalue weighted by molar-refractivity contribution is -0.132. The van der Waals surface area contributed by atoms with E-state index < -0.39 is 0 Å². The van der Waals surface area contributed by atoms with Gasteiger partial charge >= 0.3 is 0 Å². The number of carbonyl (C=O) groups is 1. The standard InChI is InChI=1S/C19H24N2O/c22-19(12-15-13-20-17-9-4-3-8-16(15)17)21-11-5-10-18(21)14-6-1-2-7-14/h3-4,8-9,13-14,18,20H,1-2,5-7,10-12H2/t18-/m0/s1. The van der Waals surface area contributed by atoms with Gasteiger partial charge in [-0.25, -0.2) is 0 Å². The number of H-pyrrole nitrogens is 1. The van der Waals surface area contributed by atoms with Crippen LogP contribution in [0.25, 0.3) is 10.9 Å². The minimum atomic E-state index is 0.319. The first-order valence-corrected chi connectivity index (χ1v) is 8.67. The average Bonchev–Trinajstić information content (AvgIpc) is 3.27. The van der Waals surface area contributed by atoms with E-state index in [0.29, 0.717) is 18.4 Å². The van der Waals surface area contributed by atoms with Crippen LogP contribution in [0, 0.1) is 5.92 Å². The number of hydrogen-bond acceptors (Lipinski definition) is 1. The van der Waals surface area contributed by atoms with Gasteiger partial charge in [0.25, 0.3) is 0 Å². The lowest BCUT2D eigenvalue weighted by Crippen LogP contribution is -2.40. The Morgan fingerprint density at radius 2 is 1.95 bits per heavy atom. The maximum atomic E-state index is 12.8. The molecule has 0 spiro atoms. The van der Waals surface area contributed by atoms with Crippen molar-refractivity contribution in [3.63, 3.8) is 0 Å². The molecule has 2 fully saturated rings. The van der Waals surface area contributed by atoms with E-state index in [1.165, 1.54) is 43.9 Å². The molecule has 1 atom stereocenters. The van der Waals surface area contributed by atoms with Crippen molar-refractivity contribution in [1.29, 1.82) is 0 Å². The normalized spacial score (nSPS) is 22.7. The zero-order chi connectivity index (χ0) is 14.9. The number of fused-ring (bicyclic) bond motifs is 1. The molecule has 0 bridgehead atoms. The molecule has 2 aliphatic rings. The zero-order valence-electron chi connectivity index (χ0n) is 13.1. The van der Waals surface area contributed by atoms with E-state index in [2.05, 4.69) is 22.0 Å². The molecular formula is C19H24N2O. The molecule has 1 amide bonds. The van der Waals surface area contributed by atoms with Crippen LogP contribution in [0.3, 0.4) is 0 Å². The highest BCUT2D eigenvalue weighted by Gasteiger charge is 2.35. The molecule has 1 aromatic carbocycles. The summed E-state index contributed by atoms with van der Waals surface area (Å²) in [7, 11) is 0. The van der Waals surface area contributed by atoms with Crippen LogP contribution in [0.15, 0.2) is 30.5 Å². The van der Waals surface area contributed by atoms with Crippen LogP contribution in [0.2, 0.25) is 0 Å². The first-order valence-electron chi connectivity index (χ1n) is 8.67. The Morgan fingerprint density at radius 1 is 1.14 bits per heavy atom. The summed E-state index contributed by atoms with van der Waals surface area (Å²) in [6, 6.07) is 8.76. The molecule has 2 heterocycles. The molecule has 3 heteroatoms. The van der Waals surface area contributed by atoms with Crippen LogP contribution in [0.4, 0.5) is 0 Å². The number of nitrogens with one attached hydrogen (secondary N) is 1. The van der Waals surface area contributed by atoms with Gasteiger partial charge in [0.1, 0.15) is 0 Å². The summed E-state index contributed by atoms with van der Waals surface area (Å²) < 4.78 is 0. The smallest absolute Gasteiger partial charge is 0.227 e. The Balaban J connectivity index is 1.51. The van der Waals surface area contributed by atoms with Gasteiger partial charge in [-0.1, -0.05) is 31.0 Å². The Labute approximate surface area is 131 Å². The Kier molecular flexibility index (Phi) is 3.65. The average molecular weight is 296 g/mol. The molecule has 1 N–H and O–H groups in total. The van der Waals surface area contributed by atoms with E-state index in [4.69, 9.17) is 0 Å². The number of carbonyl (C=O) groups excluding carboxylic acids is 1. The van der Waals surface area contributed by atoms with Crippen molar-refractivity contribution in [1.82, 2.24) is 9.88 Å². The van der Waals surface area contributed by atoms with Gasteiger partial charge in [0, 0.05) is 29.7 Å². The lowest BCUT2D eigenvalue weighted by atomic mass is 9.95. The Hall–Kier alpha value is -1.77. The number of aromatic nitrogens is 1. The number of benzene rings is 1. The molecule has 116 valence electrons. The molecule has 1 saturated carbocycles. The highest BCUT2D eigenvalue weighted by molar-refractivity contribution is 5.89. The molecule has 0 radical (unpaired) electrons. The quantitative estimate of drug-likeness (QED) is 0.916. The number of nitrogens with zero attached hydrogens (tertiary/aromatic N) is 1. The Bertz CT molecular complexity index is 669. The number of amides is 1. The zero-order valence-corrected chi connectivity index (χ0v) is 13.1. The molecule has 4 rings (SSSR count). The molecule has 1 saturated heterocycles. The fourth-order valence-electron chi connectivity index (χ4n) is 4.48. The maximum Gasteiger partial charge on any atom is 0.227 e. The monoisotopic (exact) mass is 296 g/mol. The summed E-state index contributed by atoms with van der Waals surface area (Å²) in [5.74, 6) is 1.08. The minimum Gasteiger partial charge on any atom is -0.361 e. The summed E-state index contributed by atoms with van der Waals surface area (Å²) >= 11 is 0. The van der Waals surface area contributed by atoms with Gasteiger partial charge in [0.2, 0.25) is 5.91 Å². The summed E-state index contributed by atoms with van der Waals surface area (Å²) in [5, 5.41) is 1.19. The molecular weight excluding hydrogens is 272 g/mol. The van der Waals surface area contributed by atoms with Crippen LogP contribution < -0.4 is 0 Å². The van der Waals surface area contributed by atoms with Crippen molar-refractivity contribution in [2.75, 3.05) is 6.54 Å². The van der Waals surface area contributed by atoms with E-state index >= 15 is 0 Å². The molecule has 1 aromatic heterocycles. The van der Waals surface area contributed by atoms with Crippen molar-refractivity contribution in [3.05, 3.63) is 36.0 Å². The number of likely N-dealkylation sites (tertiary alicyclic amines) is 1. The van der Waals surface area contributed by atoms with Crippen molar-refractivity contribution in [2.24, 2.45) is 5.92 Å². The van der Waals surface area contributed by atoms with Gasteiger partial charge in [0.15, 0.2) is 0 Å². The van der Waals surface area contributed by atoms with Crippen molar-refractivity contribution in [3.8, 4) is 0 Å². The number of rotatable bonds is 3. The third-order valence-corrected chi connectivity index (χ3v) is 5.58. The minimum absolute atomic E-state index is 0.319. The van der Waals surface area contributed by atoms with Gasteiger partial charge in [0.05, 0.1) is 6.42 Å². The highest BCUT2D eigenvalue weighted by Crippen LogP contribution is 2.35. The molecule has 22 heavy (non-hydrogen) atoms. The van der Waals surface area contributed by atoms with Crippen molar-refractivity contribution >= 4 is 16.8 Å². The number of hydrogen-bond donors (Lipinski definition) is 1. The van der Waals surface area contributed by atoms with Gasteiger partial charge in [-0.05, 0) is 43.2 Å². The topological polar surface area (TPSA) is 36.1 Å². The van der Waals surface area contributed by atoms with Crippen molar-refractivity contribution in [2.45, 2.75) is 51.0 Å². The number of para-hydroxylation sites is 1. The summed E-state index contributed by atoms with van der Waals surface area (Å²) in [6.45, 7) is 0.961. The highest BCUT2D eigenvalue weighted by atomic mass is 16.2. The van der Waals surface area contributed by atoms with Crippen LogP contribution in [0.1, 0.15) is 44.1 Å². The summed E-state index contributed by atoms with van der Waals surface area (Å²) in [5.41, 5.74) is 2.26. The van der Waals surface area contributed by atoms with Gasteiger partial charge < -0.3 is 9.88 Å². The SMILES string of the molecule is O=C(Cc1c[nH]c2ccccc12)N1CCC[C@H]1C1CCCC1. The largest absolute Gasteiger partial charge is 0.361 e. The second-order valence-electron chi connectivity index (χ2n) is 6.88. The first kappa shape index (κ1) is 13.9. The van der Waals surface area contributed by atoms with Crippen LogP contribution >= 0.6 is 0 Å². The molecule has 2 aromatic rings. The van der Waals surface area contributed by atoms with E-state index in [-0.39, 0.29) is 0 Å². The van der Waals surface area contributed by atoms with Crippen LogP contribution in [0.5, 0.6) is 0 Å². The number of aromatic amines is 1. The van der Waals surface area contributed by atoms with Gasteiger partial charge in [-0.3, -0.25) is 4.79 Å². The Morgan fingerprint density at radius 3 is 2.82 bits per heavy atom. The van der Waals surface area contributed by atoms with E-state index in [1.54, 1.807) is 0 Å². The summed E-state index contributed by atoms with van der Waals surface area (Å²) in [6.07, 6.45) is 10.3. The third kappa shape index (κ3) is 2.43. The summed E-state index contributed by atoms with van der Waals surface area (Å²) in [4.78, 5) is 18.3. The maximum absolute atomic E-state index is 12.8. The van der Waals surface area contributed by atoms with E-state index in [9.17, 15) is 4.79 Å². The van der Waals surface area contributed by atoms with Crippen LogP contribution in [-0.4, -0.2) is 28.4 Å². The second-order valence-corrected chi connectivity index (χ2v) is 6.88. The third-order valence-electron chi connectivity index (χ3n) is 5.58. The van der Waals surface area contributed by atoms with Gasteiger partial charge in [-0.2, -0.15) is 0 Å². The fraction of sp³-hybridized carbons (Fsp3) is 0.526. The second kappa shape index (κ2) is 5.79. The molecule has 1 aliphatic carbocycles. The first-order chi connectivity index (χ1) is 10.8. The van der Waals surface area contributed by atoms with Gasteiger partial charge in [-0.15, -0.1) is 0 Å². The van der Waals surface area contributed by atoms with Crippen molar-refractivity contribution < 1.29 is 4.79 Å². The van der Waals surface area contributed by atoms with E-state index in [0.717, 1.165) is 23.5 Å². The lowest BCUT2D eigenvalue weighted by Gasteiger charge is -2.29. The molecule has 3 nitrogen and oxygen atoms in total. The molecule has 1 aliphatic heterocycles. The fourth-order valence-corrected chi connectivity index (χ4v) is 4.48.